The number of nitrogens with two attached hydrogens (primary N) is 1. The molecule has 0 amide bonds. The summed E-state index contributed by atoms with van der Waals surface area (Å²) in [6, 6.07) is 6.39. The monoisotopic (exact) mass is 213 g/mol. The van der Waals surface area contributed by atoms with Crippen LogP contribution in [0.3, 0.4) is 0 Å². The van der Waals surface area contributed by atoms with E-state index in [1.807, 2.05) is 12.3 Å². The molecule has 3 nitrogen and oxygen atoms in total. The normalized spacial score (nSPS) is 19.4. The standard InChI is InChI=1S/C13H15N3/c14-12-4-1-5-13-11(12)6-8-16(13)10-3-2-7-15-9-10/h2-3,6-9,12H,1,4-5,14H2. The Morgan fingerprint density at radius 3 is 3.12 bits per heavy atom. The molecule has 1 aliphatic carbocycles. The van der Waals surface area contributed by atoms with Crippen molar-refractivity contribution in [1.29, 1.82) is 0 Å². The Hall–Kier alpha value is -1.61. The average molecular weight is 213 g/mol. The van der Waals surface area contributed by atoms with E-state index >= 15 is 0 Å². The third-order valence-corrected chi connectivity index (χ3v) is 3.28. The summed E-state index contributed by atoms with van der Waals surface area (Å²) >= 11 is 0. The summed E-state index contributed by atoms with van der Waals surface area (Å²) < 4.78 is 2.21. The van der Waals surface area contributed by atoms with Gasteiger partial charge in [-0.15, -0.1) is 0 Å². The van der Waals surface area contributed by atoms with E-state index in [4.69, 9.17) is 5.73 Å². The molecular formula is C13H15N3. The van der Waals surface area contributed by atoms with Gasteiger partial charge in [-0.2, -0.15) is 0 Å². The van der Waals surface area contributed by atoms with E-state index in [1.165, 1.54) is 17.7 Å². The lowest BCUT2D eigenvalue weighted by atomic mass is 9.93. The van der Waals surface area contributed by atoms with Crippen LogP contribution in [0.5, 0.6) is 0 Å². The van der Waals surface area contributed by atoms with Crippen LogP contribution in [0.25, 0.3) is 5.69 Å². The van der Waals surface area contributed by atoms with E-state index in [-0.39, 0.29) is 6.04 Å². The van der Waals surface area contributed by atoms with Gasteiger partial charge in [0.2, 0.25) is 0 Å². The van der Waals surface area contributed by atoms with E-state index in [0.29, 0.717) is 0 Å². The number of hydrogen-bond acceptors (Lipinski definition) is 2. The Balaban J connectivity index is 2.10. The van der Waals surface area contributed by atoms with Crippen LogP contribution in [0.2, 0.25) is 0 Å². The molecule has 0 aromatic carbocycles. The molecule has 16 heavy (non-hydrogen) atoms. The van der Waals surface area contributed by atoms with Gasteiger partial charge in [0.25, 0.3) is 0 Å². The van der Waals surface area contributed by atoms with Gasteiger partial charge in [0, 0.05) is 24.1 Å². The maximum atomic E-state index is 6.11. The van der Waals surface area contributed by atoms with Crippen LogP contribution in [0.15, 0.2) is 36.8 Å². The lowest BCUT2D eigenvalue weighted by Crippen LogP contribution is -2.17. The molecule has 0 saturated carbocycles. The van der Waals surface area contributed by atoms with E-state index in [1.54, 1.807) is 6.20 Å². The quantitative estimate of drug-likeness (QED) is 0.789. The molecule has 1 atom stereocenters. The number of pyridine rings is 1. The van der Waals surface area contributed by atoms with E-state index in [9.17, 15) is 0 Å². The first-order valence-corrected chi connectivity index (χ1v) is 5.72. The van der Waals surface area contributed by atoms with Crippen LogP contribution in [0, 0.1) is 0 Å². The van der Waals surface area contributed by atoms with Gasteiger partial charge < -0.3 is 10.3 Å². The second kappa shape index (κ2) is 3.76. The van der Waals surface area contributed by atoms with Crippen molar-refractivity contribution in [1.82, 2.24) is 9.55 Å². The molecule has 82 valence electrons. The maximum absolute atomic E-state index is 6.11. The zero-order valence-corrected chi connectivity index (χ0v) is 9.13. The molecule has 0 saturated heterocycles. The van der Waals surface area contributed by atoms with Crippen molar-refractivity contribution in [3.8, 4) is 5.69 Å². The highest BCUT2D eigenvalue weighted by molar-refractivity contribution is 5.38. The van der Waals surface area contributed by atoms with Gasteiger partial charge in [-0.3, -0.25) is 4.98 Å². The number of nitrogens with zero attached hydrogens (tertiary/aromatic N) is 2. The molecule has 1 aliphatic rings. The Morgan fingerprint density at radius 2 is 2.31 bits per heavy atom. The molecule has 0 spiro atoms. The topological polar surface area (TPSA) is 43.8 Å². The number of aromatic nitrogens is 2. The first-order valence-electron chi connectivity index (χ1n) is 5.72. The lowest BCUT2D eigenvalue weighted by molar-refractivity contribution is 0.560. The molecule has 1 unspecified atom stereocenters. The predicted molar refractivity (Wildman–Crippen MR) is 63.4 cm³/mol. The van der Waals surface area contributed by atoms with Crippen LogP contribution in [0.1, 0.15) is 30.1 Å². The fourth-order valence-electron chi connectivity index (χ4n) is 2.47. The minimum absolute atomic E-state index is 0.210. The van der Waals surface area contributed by atoms with E-state index < -0.39 is 0 Å². The number of fused-ring (bicyclic) bond motifs is 1. The van der Waals surface area contributed by atoms with Crippen molar-refractivity contribution in [2.24, 2.45) is 5.73 Å². The van der Waals surface area contributed by atoms with E-state index in [2.05, 4.69) is 27.9 Å². The fraction of sp³-hybridized carbons (Fsp3) is 0.308. The minimum atomic E-state index is 0.210. The Labute approximate surface area is 94.9 Å². The SMILES string of the molecule is NC1CCCc2c1ccn2-c1cccnc1. The highest BCUT2D eigenvalue weighted by Gasteiger charge is 2.20. The van der Waals surface area contributed by atoms with Crippen LogP contribution in [-0.4, -0.2) is 9.55 Å². The minimum Gasteiger partial charge on any atom is -0.324 e. The number of rotatable bonds is 1. The van der Waals surface area contributed by atoms with Gasteiger partial charge in [0.05, 0.1) is 11.9 Å². The maximum Gasteiger partial charge on any atom is 0.0636 e. The highest BCUT2D eigenvalue weighted by atomic mass is 15.0. The smallest absolute Gasteiger partial charge is 0.0636 e. The van der Waals surface area contributed by atoms with Gasteiger partial charge in [0.1, 0.15) is 0 Å². The van der Waals surface area contributed by atoms with E-state index in [0.717, 1.165) is 18.5 Å². The second-order valence-corrected chi connectivity index (χ2v) is 4.30. The Bertz CT molecular complexity index is 487. The van der Waals surface area contributed by atoms with Crippen molar-refractivity contribution in [2.75, 3.05) is 0 Å². The van der Waals surface area contributed by atoms with Crippen molar-refractivity contribution in [3.05, 3.63) is 48.0 Å². The van der Waals surface area contributed by atoms with Crippen molar-refractivity contribution >= 4 is 0 Å². The molecule has 2 heterocycles. The Morgan fingerprint density at radius 1 is 1.38 bits per heavy atom. The fourth-order valence-corrected chi connectivity index (χ4v) is 2.47. The molecule has 2 aromatic rings. The molecule has 0 fully saturated rings. The third kappa shape index (κ3) is 1.44. The van der Waals surface area contributed by atoms with Gasteiger partial charge in [-0.05, 0) is 43.0 Å². The molecule has 2 N–H and O–H groups in total. The van der Waals surface area contributed by atoms with Crippen molar-refractivity contribution in [3.63, 3.8) is 0 Å². The molecule has 3 heteroatoms. The van der Waals surface area contributed by atoms with Gasteiger partial charge in [-0.1, -0.05) is 0 Å². The van der Waals surface area contributed by atoms with Crippen LogP contribution in [-0.2, 0) is 6.42 Å². The van der Waals surface area contributed by atoms with Gasteiger partial charge >= 0.3 is 0 Å². The van der Waals surface area contributed by atoms with Crippen molar-refractivity contribution in [2.45, 2.75) is 25.3 Å². The summed E-state index contributed by atoms with van der Waals surface area (Å²) in [5, 5.41) is 0. The highest BCUT2D eigenvalue weighted by Crippen LogP contribution is 2.30. The van der Waals surface area contributed by atoms with Crippen LogP contribution in [0.4, 0.5) is 0 Å². The molecular weight excluding hydrogens is 198 g/mol. The van der Waals surface area contributed by atoms with Gasteiger partial charge in [0.15, 0.2) is 0 Å². The summed E-state index contributed by atoms with van der Waals surface area (Å²) in [7, 11) is 0. The van der Waals surface area contributed by atoms with Crippen molar-refractivity contribution < 1.29 is 0 Å². The summed E-state index contributed by atoms with van der Waals surface area (Å²) in [5.41, 5.74) is 9.89. The summed E-state index contributed by atoms with van der Waals surface area (Å²) in [4.78, 5) is 4.16. The van der Waals surface area contributed by atoms with Crippen LogP contribution < -0.4 is 5.73 Å². The summed E-state index contributed by atoms with van der Waals surface area (Å²) in [6.45, 7) is 0. The third-order valence-electron chi connectivity index (χ3n) is 3.28. The van der Waals surface area contributed by atoms with Crippen LogP contribution >= 0.6 is 0 Å². The largest absolute Gasteiger partial charge is 0.324 e. The molecule has 3 rings (SSSR count). The lowest BCUT2D eigenvalue weighted by Gasteiger charge is -2.20. The second-order valence-electron chi connectivity index (χ2n) is 4.30. The number of hydrogen-bond donors (Lipinski definition) is 1. The average Bonchev–Trinajstić information content (AvgIpc) is 2.75. The summed E-state index contributed by atoms with van der Waals surface area (Å²) in [5.74, 6) is 0. The first-order chi connectivity index (χ1) is 7.86. The first kappa shape index (κ1) is 9.60. The van der Waals surface area contributed by atoms with Gasteiger partial charge in [-0.25, -0.2) is 0 Å². The summed E-state index contributed by atoms with van der Waals surface area (Å²) in [6.07, 6.45) is 9.19. The molecule has 0 bridgehead atoms. The Kier molecular flexibility index (Phi) is 2.26. The zero-order valence-electron chi connectivity index (χ0n) is 9.13. The molecule has 0 radical (unpaired) electrons. The molecule has 0 aliphatic heterocycles. The molecule has 2 aromatic heterocycles. The predicted octanol–water partition coefficient (Wildman–Crippen LogP) is 2.21. The zero-order chi connectivity index (χ0) is 11.0.